The van der Waals surface area contributed by atoms with Crippen molar-refractivity contribution >= 4 is 17.3 Å². The quantitative estimate of drug-likeness (QED) is 0.778. The maximum absolute atomic E-state index is 6.24. The van der Waals surface area contributed by atoms with E-state index in [4.69, 9.17) is 11.6 Å². The van der Waals surface area contributed by atoms with Crippen LogP contribution in [-0.4, -0.2) is 6.04 Å². The minimum absolute atomic E-state index is 0.523. The highest BCUT2D eigenvalue weighted by molar-refractivity contribution is 6.33. The molecule has 2 heteroatoms. The van der Waals surface area contributed by atoms with Crippen molar-refractivity contribution in [1.82, 2.24) is 0 Å². The van der Waals surface area contributed by atoms with Crippen molar-refractivity contribution in [2.75, 3.05) is 5.32 Å². The standard InChI is InChI=1S/C15H22ClN/c1-11-4-5-14(13(16)10-11)17-12-6-8-15(2,3)9-7-12/h4-5,10,12,17H,6-9H2,1-3H3. The molecule has 2 rings (SSSR count). The van der Waals surface area contributed by atoms with Crippen molar-refractivity contribution in [3.63, 3.8) is 0 Å². The second kappa shape index (κ2) is 4.89. The molecule has 1 fully saturated rings. The summed E-state index contributed by atoms with van der Waals surface area (Å²) in [5, 5.41) is 4.42. The summed E-state index contributed by atoms with van der Waals surface area (Å²) in [4.78, 5) is 0. The topological polar surface area (TPSA) is 12.0 Å². The third-order valence-corrected chi connectivity index (χ3v) is 4.14. The monoisotopic (exact) mass is 251 g/mol. The second-order valence-electron chi connectivity index (χ2n) is 6.07. The lowest BCUT2D eigenvalue weighted by Gasteiger charge is -2.35. The summed E-state index contributed by atoms with van der Waals surface area (Å²) in [6.07, 6.45) is 5.09. The average molecular weight is 252 g/mol. The number of halogens is 1. The Morgan fingerprint density at radius 1 is 1.24 bits per heavy atom. The van der Waals surface area contributed by atoms with Crippen molar-refractivity contribution in [1.29, 1.82) is 0 Å². The van der Waals surface area contributed by atoms with Gasteiger partial charge in [0.1, 0.15) is 0 Å². The number of rotatable bonds is 2. The zero-order valence-electron chi connectivity index (χ0n) is 11.0. The van der Waals surface area contributed by atoms with Gasteiger partial charge in [0.15, 0.2) is 0 Å². The molecule has 0 atom stereocenters. The molecule has 0 unspecified atom stereocenters. The van der Waals surface area contributed by atoms with Crippen LogP contribution in [0, 0.1) is 12.3 Å². The largest absolute Gasteiger partial charge is 0.381 e. The summed E-state index contributed by atoms with van der Waals surface area (Å²) >= 11 is 6.24. The Kier molecular flexibility index (Phi) is 3.67. The summed E-state index contributed by atoms with van der Waals surface area (Å²) in [6, 6.07) is 6.82. The highest BCUT2D eigenvalue weighted by atomic mass is 35.5. The lowest BCUT2D eigenvalue weighted by molar-refractivity contribution is 0.232. The molecule has 1 nitrogen and oxygen atoms in total. The minimum atomic E-state index is 0.523. The predicted molar refractivity (Wildman–Crippen MR) is 75.8 cm³/mol. The number of hydrogen-bond donors (Lipinski definition) is 1. The normalized spacial score (nSPS) is 20.2. The second-order valence-corrected chi connectivity index (χ2v) is 6.47. The van der Waals surface area contributed by atoms with Crippen LogP contribution in [0.3, 0.4) is 0 Å². The fourth-order valence-corrected chi connectivity index (χ4v) is 2.79. The van der Waals surface area contributed by atoms with Gasteiger partial charge in [-0.1, -0.05) is 31.5 Å². The number of benzene rings is 1. The van der Waals surface area contributed by atoms with Gasteiger partial charge in [-0.15, -0.1) is 0 Å². The van der Waals surface area contributed by atoms with Gasteiger partial charge in [-0.25, -0.2) is 0 Å². The molecule has 0 amide bonds. The number of aryl methyl sites for hydroxylation is 1. The van der Waals surface area contributed by atoms with Crippen molar-refractivity contribution in [3.05, 3.63) is 28.8 Å². The SMILES string of the molecule is Cc1ccc(NC2CCC(C)(C)CC2)c(Cl)c1. The third-order valence-electron chi connectivity index (χ3n) is 3.82. The van der Waals surface area contributed by atoms with Crippen LogP contribution in [-0.2, 0) is 0 Å². The van der Waals surface area contributed by atoms with E-state index in [0.717, 1.165) is 10.7 Å². The van der Waals surface area contributed by atoms with E-state index in [0.29, 0.717) is 11.5 Å². The van der Waals surface area contributed by atoms with Crippen molar-refractivity contribution in [3.8, 4) is 0 Å². The molecule has 0 saturated heterocycles. The Morgan fingerprint density at radius 2 is 1.88 bits per heavy atom. The van der Waals surface area contributed by atoms with Crippen LogP contribution in [0.15, 0.2) is 18.2 Å². The molecule has 1 aliphatic carbocycles. The Morgan fingerprint density at radius 3 is 2.47 bits per heavy atom. The Labute approximate surface area is 110 Å². The van der Waals surface area contributed by atoms with E-state index >= 15 is 0 Å². The summed E-state index contributed by atoms with van der Waals surface area (Å²) in [6.45, 7) is 6.79. The molecule has 0 spiro atoms. The van der Waals surface area contributed by atoms with E-state index in [1.165, 1.54) is 31.2 Å². The van der Waals surface area contributed by atoms with Gasteiger partial charge in [-0.3, -0.25) is 0 Å². The van der Waals surface area contributed by atoms with Gasteiger partial charge in [-0.05, 0) is 55.7 Å². The molecule has 0 aliphatic heterocycles. The maximum Gasteiger partial charge on any atom is 0.0640 e. The van der Waals surface area contributed by atoms with E-state index in [-0.39, 0.29) is 0 Å². The van der Waals surface area contributed by atoms with Crippen LogP contribution in [0.1, 0.15) is 45.1 Å². The molecule has 1 aromatic carbocycles. The number of anilines is 1. The molecule has 1 aromatic rings. The predicted octanol–water partition coefficient (Wildman–Crippen LogP) is 5.03. The summed E-state index contributed by atoms with van der Waals surface area (Å²) in [5.41, 5.74) is 2.82. The highest BCUT2D eigenvalue weighted by Crippen LogP contribution is 2.36. The molecule has 0 radical (unpaired) electrons. The highest BCUT2D eigenvalue weighted by Gasteiger charge is 2.26. The molecule has 1 N–H and O–H groups in total. The third kappa shape index (κ3) is 3.38. The maximum atomic E-state index is 6.24. The molecule has 94 valence electrons. The van der Waals surface area contributed by atoms with Gasteiger partial charge >= 0.3 is 0 Å². The smallest absolute Gasteiger partial charge is 0.0640 e. The molecule has 1 saturated carbocycles. The molecular formula is C15H22ClN. The number of hydrogen-bond acceptors (Lipinski definition) is 1. The Balaban J connectivity index is 1.98. The van der Waals surface area contributed by atoms with E-state index in [1.54, 1.807) is 0 Å². The lowest BCUT2D eigenvalue weighted by atomic mass is 9.75. The summed E-state index contributed by atoms with van der Waals surface area (Å²) < 4.78 is 0. The van der Waals surface area contributed by atoms with Crippen LogP contribution in [0.4, 0.5) is 5.69 Å². The Bertz CT molecular complexity index is 388. The molecular weight excluding hydrogens is 230 g/mol. The van der Waals surface area contributed by atoms with E-state index in [9.17, 15) is 0 Å². The average Bonchev–Trinajstić information content (AvgIpc) is 2.25. The van der Waals surface area contributed by atoms with Gasteiger partial charge in [0.05, 0.1) is 10.7 Å². The van der Waals surface area contributed by atoms with Crippen LogP contribution in [0.5, 0.6) is 0 Å². The van der Waals surface area contributed by atoms with Crippen molar-refractivity contribution in [2.24, 2.45) is 5.41 Å². The zero-order valence-corrected chi connectivity index (χ0v) is 11.8. The first-order chi connectivity index (χ1) is 7.96. The lowest BCUT2D eigenvalue weighted by Crippen LogP contribution is -2.29. The summed E-state index contributed by atoms with van der Waals surface area (Å²) in [5.74, 6) is 0. The molecule has 17 heavy (non-hydrogen) atoms. The van der Waals surface area contributed by atoms with Gasteiger partial charge < -0.3 is 5.32 Å². The first kappa shape index (κ1) is 12.8. The molecule has 0 aromatic heterocycles. The van der Waals surface area contributed by atoms with E-state index in [1.807, 2.05) is 6.07 Å². The molecule has 1 aliphatic rings. The molecule has 0 heterocycles. The fourth-order valence-electron chi connectivity index (χ4n) is 2.50. The minimum Gasteiger partial charge on any atom is -0.381 e. The summed E-state index contributed by atoms with van der Waals surface area (Å²) in [7, 11) is 0. The van der Waals surface area contributed by atoms with E-state index in [2.05, 4.69) is 38.2 Å². The van der Waals surface area contributed by atoms with Crippen LogP contribution < -0.4 is 5.32 Å². The van der Waals surface area contributed by atoms with Gasteiger partial charge in [0.2, 0.25) is 0 Å². The zero-order chi connectivity index (χ0) is 12.5. The van der Waals surface area contributed by atoms with E-state index < -0.39 is 0 Å². The fraction of sp³-hybridized carbons (Fsp3) is 0.600. The first-order valence-corrected chi connectivity index (χ1v) is 6.87. The van der Waals surface area contributed by atoms with Crippen molar-refractivity contribution in [2.45, 2.75) is 52.5 Å². The van der Waals surface area contributed by atoms with Crippen molar-refractivity contribution < 1.29 is 0 Å². The van der Waals surface area contributed by atoms with Crippen LogP contribution in [0.2, 0.25) is 5.02 Å². The first-order valence-electron chi connectivity index (χ1n) is 6.49. The van der Waals surface area contributed by atoms with Crippen LogP contribution >= 0.6 is 11.6 Å². The van der Waals surface area contributed by atoms with Crippen LogP contribution in [0.25, 0.3) is 0 Å². The Hall–Kier alpha value is -0.690. The van der Waals surface area contributed by atoms with Gasteiger partial charge in [0.25, 0.3) is 0 Å². The van der Waals surface area contributed by atoms with Gasteiger partial charge in [-0.2, -0.15) is 0 Å². The number of nitrogens with one attached hydrogen (secondary N) is 1. The van der Waals surface area contributed by atoms with Gasteiger partial charge in [0, 0.05) is 6.04 Å². The molecule has 0 bridgehead atoms.